The first-order valence-electron chi connectivity index (χ1n) is 23.0. The molecule has 2 heterocycles. The van der Waals surface area contributed by atoms with Crippen molar-refractivity contribution >= 4 is 53.2 Å². The molecule has 0 saturated carbocycles. The van der Waals surface area contributed by atoms with Crippen molar-refractivity contribution < 1.29 is 58.1 Å². The van der Waals surface area contributed by atoms with Crippen LogP contribution in [0.5, 0.6) is 5.75 Å². The molecule has 20 nitrogen and oxygen atoms in total. The van der Waals surface area contributed by atoms with Crippen LogP contribution in [0.4, 0.5) is 0 Å². The third kappa shape index (κ3) is 14.6. The Bertz CT molecular complexity index is 1910. The normalized spacial score (nSPS) is 26.4. The number of esters is 1. The van der Waals surface area contributed by atoms with Gasteiger partial charge in [0.15, 0.2) is 0 Å². The molecule has 11 atom stereocenters. The largest absolute Gasteiger partial charge is 0.508 e. The molecule has 0 aromatic heterocycles. The second kappa shape index (κ2) is 24.7. The van der Waals surface area contributed by atoms with Crippen LogP contribution >= 0.6 is 0 Å². The minimum absolute atomic E-state index is 0.0226. The molecule has 2 fully saturated rings. The van der Waals surface area contributed by atoms with E-state index >= 15 is 0 Å². The maximum Gasteiger partial charge on any atom is 0.329 e. The number of nitrogens with two attached hydrogens (primary N) is 1. The number of aliphatic hydroxyl groups excluding tert-OH is 1. The highest BCUT2D eigenvalue weighted by Gasteiger charge is 2.47. The maximum atomic E-state index is 14.9. The highest BCUT2D eigenvalue weighted by atomic mass is 16.5. The minimum Gasteiger partial charge on any atom is -0.508 e. The van der Waals surface area contributed by atoms with Crippen molar-refractivity contribution in [2.45, 2.75) is 168 Å². The van der Waals surface area contributed by atoms with Crippen LogP contribution in [-0.2, 0) is 54.3 Å². The van der Waals surface area contributed by atoms with Gasteiger partial charge in [-0.1, -0.05) is 80.4 Å². The van der Waals surface area contributed by atoms with Crippen molar-refractivity contribution in [3.63, 3.8) is 0 Å². The molecule has 0 radical (unpaired) electrons. The van der Waals surface area contributed by atoms with Crippen LogP contribution in [0, 0.1) is 23.7 Å². The Morgan fingerprint density at radius 1 is 0.848 bits per heavy atom. The molecule has 0 aliphatic carbocycles. The number of fused-ring (bicyclic) bond motifs is 2. The number of primary amides is 1. The van der Waals surface area contributed by atoms with Gasteiger partial charge in [0.1, 0.15) is 60.4 Å². The lowest BCUT2D eigenvalue weighted by Crippen LogP contribution is -2.66. The lowest BCUT2D eigenvalue weighted by atomic mass is 9.91. The Balaban J connectivity index is 2.27. The highest BCUT2D eigenvalue weighted by molar-refractivity contribution is 5.98. The SMILES string of the molecule is CCC(C)C1C(=O)N(C)C(Cc2ccc(O)cc2)C(=O)N[C@@H](C(C)CC)C(=O)OC(C)[C@H](NC(=O)[C@H](CCC(N)=O)NC(=O)C(C)C)C(=O)NC(CC(C)C)C(=O)NC2CC[C@H](O)N1C2=O. The lowest BCUT2D eigenvalue weighted by Gasteiger charge is -2.44. The van der Waals surface area contributed by atoms with Crippen LogP contribution in [0.1, 0.15) is 113 Å². The van der Waals surface area contributed by atoms with Gasteiger partial charge in [-0.3, -0.25) is 38.4 Å². The average molecular weight is 929 g/mol. The van der Waals surface area contributed by atoms with E-state index in [2.05, 4.69) is 26.6 Å². The fraction of sp³-hybridized carbons (Fsp3) is 0.674. The van der Waals surface area contributed by atoms with E-state index in [1.54, 1.807) is 67.5 Å². The van der Waals surface area contributed by atoms with Crippen molar-refractivity contribution in [1.29, 1.82) is 0 Å². The Hall–Kier alpha value is -5.79. The van der Waals surface area contributed by atoms with Gasteiger partial charge in [0.2, 0.25) is 47.3 Å². The molecule has 2 saturated heterocycles. The number of nitrogens with zero attached hydrogens (tertiary/aromatic N) is 2. The van der Waals surface area contributed by atoms with E-state index in [1.807, 2.05) is 0 Å². The predicted octanol–water partition coefficient (Wildman–Crippen LogP) is 0.500. The molecule has 3 rings (SSSR count). The van der Waals surface area contributed by atoms with Crippen LogP contribution in [0.3, 0.4) is 0 Å². The molecule has 8 amide bonds. The molecule has 2 aliphatic rings. The first-order valence-corrected chi connectivity index (χ1v) is 23.0. The first kappa shape index (κ1) is 54.5. The van der Waals surface area contributed by atoms with E-state index in [-0.39, 0.29) is 50.2 Å². The van der Waals surface area contributed by atoms with Crippen molar-refractivity contribution in [2.75, 3.05) is 7.05 Å². The van der Waals surface area contributed by atoms with Crippen molar-refractivity contribution in [3.05, 3.63) is 29.8 Å². The Labute approximate surface area is 387 Å². The van der Waals surface area contributed by atoms with Gasteiger partial charge in [0, 0.05) is 25.8 Å². The summed E-state index contributed by atoms with van der Waals surface area (Å²) in [6, 6.07) is -3.79. The van der Waals surface area contributed by atoms with Crippen molar-refractivity contribution in [2.24, 2.45) is 29.4 Å². The van der Waals surface area contributed by atoms with Crippen molar-refractivity contribution in [1.82, 2.24) is 36.4 Å². The van der Waals surface area contributed by atoms with E-state index in [9.17, 15) is 53.4 Å². The molecule has 1 aromatic carbocycles. The van der Waals surface area contributed by atoms with Crippen LogP contribution < -0.4 is 32.3 Å². The second-order valence-corrected chi connectivity index (χ2v) is 18.4. The number of carbonyl (C=O) groups excluding carboxylic acids is 9. The van der Waals surface area contributed by atoms with E-state index in [1.165, 1.54) is 26.1 Å². The number of likely N-dealkylation sites (N-methyl/N-ethyl adjacent to an activating group) is 1. The Morgan fingerprint density at radius 3 is 2.03 bits per heavy atom. The zero-order valence-corrected chi connectivity index (χ0v) is 39.9. The fourth-order valence-electron chi connectivity index (χ4n) is 7.87. The number of phenols is 1. The summed E-state index contributed by atoms with van der Waals surface area (Å²) < 4.78 is 5.91. The summed E-state index contributed by atoms with van der Waals surface area (Å²) in [6.45, 7) is 15.0. The third-order valence-electron chi connectivity index (χ3n) is 12.4. The number of carbonyl (C=O) groups is 9. The quantitative estimate of drug-likeness (QED) is 0.112. The summed E-state index contributed by atoms with van der Waals surface area (Å²) in [7, 11) is 1.38. The number of phenolic OH excluding ortho intramolecular Hbond substituents is 1. The number of aromatic hydroxyl groups is 1. The zero-order chi connectivity index (χ0) is 49.7. The van der Waals surface area contributed by atoms with Gasteiger partial charge >= 0.3 is 5.97 Å². The third-order valence-corrected chi connectivity index (χ3v) is 12.4. The topological polar surface area (TPSA) is 296 Å². The predicted molar refractivity (Wildman–Crippen MR) is 241 cm³/mol. The number of piperidine rings is 1. The molecule has 2 bridgehead atoms. The average Bonchev–Trinajstić information content (AvgIpc) is 3.25. The van der Waals surface area contributed by atoms with E-state index in [0.717, 1.165) is 9.80 Å². The number of ether oxygens (including phenoxy) is 1. The molecule has 2 aliphatic heterocycles. The molecule has 1 aromatic rings. The number of rotatable bonds is 15. The summed E-state index contributed by atoms with van der Waals surface area (Å²) in [5.74, 6) is -9.27. The number of cyclic esters (lactones) is 1. The van der Waals surface area contributed by atoms with Crippen LogP contribution in [0.2, 0.25) is 0 Å². The van der Waals surface area contributed by atoms with Gasteiger partial charge in [0.25, 0.3) is 0 Å². The summed E-state index contributed by atoms with van der Waals surface area (Å²) in [4.78, 5) is 128. The van der Waals surface area contributed by atoms with E-state index in [0.29, 0.717) is 18.4 Å². The molecule has 66 heavy (non-hydrogen) atoms. The van der Waals surface area contributed by atoms with Crippen LogP contribution in [0.25, 0.3) is 0 Å². The molecule has 9 N–H and O–H groups in total. The Kier molecular flexibility index (Phi) is 20.4. The number of nitrogens with one attached hydrogen (secondary N) is 5. The molecular formula is C46H72N8O12. The number of hydrogen-bond acceptors (Lipinski definition) is 12. The number of hydrogen-bond donors (Lipinski definition) is 8. The summed E-state index contributed by atoms with van der Waals surface area (Å²) in [5.41, 5.74) is 5.90. The zero-order valence-electron chi connectivity index (χ0n) is 39.9. The summed E-state index contributed by atoms with van der Waals surface area (Å²) in [6.07, 6.45) is -2.95. The standard InChI is InChI=1S/C46H72N8O12/c1-11-25(7)36-46(65)66-27(9)37(52-40(59)30(17-19-34(47)56)48-39(58)24(5)6)43(62)50-32(21-23(3)4)41(60)49-31-18-20-35(57)54(44(31)63)38(26(8)12-2)45(64)53(10)33(42(61)51-36)22-28-13-15-29(55)16-14-28/h13-16,23-27,30-33,35-38,55,57H,11-12,17-22H2,1-10H3,(H2,47,56)(H,48,58)(H,49,60)(H,50,62)(H,51,61)(H,52,59)/t25?,26?,27?,30-,31?,32?,33?,35-,36-,37-,38?/m0/s1. The monoisotopic (exact) mass is 929 g/mol. The van der Waals surface area contributed by atoms with Gasteiger partial charge in [-0.15, -0.1) is 0 Å². The van der Waals surface area contributed by atoms with Gasteiger partial charge < -0.3 is 57.1 Å². The first-order chi connectivity index (χ1) is 30.9. The number of amides is 8. The minimum atomic E-state index is -1.74. The smallest absolute Gasteiger partial charge is 0.329 e. The molecule has 0 spiro atoms. The number of aliphatic hydroxyl groups is 1. The van der Waals surface area contributed by atoms with Crippen molar-refractivity contribution in [3.8, 4) is 5.75 Å². The van der Waals surface area contributed by atoms with Gasteiger partial charge in [0.05, 0.1) is 0 Å². The maximum absolute atomic E-state index is 14.9. The van der Waals surface area contributed by atoms with Crippen LogP contribution in [-0.4, -0.2) is 135 Å². The molecule has 7 unspecified atom stereocenters. The Morgan fingerprint density at radius 2 is 1.47 bits per heavy atom. The molecular weight excluding hydrogens is 857 g/mol. The summed E-state index contributed by atoms with van der Waals surface area (Å²) in [5, 5.41) is 34.7. The van der Waals surface area contributed by atoms with Crippen LogP contribution in [0.15, 0.2) is 24.3 Å². The second-order valence-electron chi connectivity index (χ2n) is 18.4. The fourth-order valence-corrected chi connectivity index (χ4v) is 7.87. The van der Waals surface area contributed by atoms with Gasteiger partial charge in [-0.25, -0.2) is 4.79 Å². The molecule has 20 heteroatoms. The van der Waals surface area contributed by atoms with Gasteiger partial charge in [-0.05, 0) is 68.1 Å². The van der Waals surface area contributed by atoms with Gasteiger partial charge in [-0.2, -0.15) is 0 Å². The van der Waals surface area contributed by atoms with E-state index < -0.39 is 126 Å². The number of benzene rings is 1. The lowest BCUT2D eigenvalue weighted by molar-refractivity contribution is -0.168. The molecule has 368 valence electrons. The summed E-state index contributed by atoms with van der Waals surface area (Å²) >= 11 is 0. The van der Waals surface area contributed by atoms with E-state index in [4.69, 9.17) is 10.5 Å². The highest BCUT2D eigenvalue weighted by Crippen LogP contribution is 2.28.